The molecule has 0 bridgehead atoms. The summed E-state index contributed by atoms with van der Waals surface area (Å²) >= 11 is 9.36. The molecule has 0 unspecified atom stereocenters. The third kappa shape index (κ3) is 4.41. The molecule has 2 N–H and O–H groups in total. The minimum Gasteiger partial charge on any atom is -0.369 e. The van der Waals surface area contributed by atoms with Gasteiger partial charge >= 0.3 is 0 Å². The number of hydrogen-bond acceptors (Lipinski definition) is 4. The maximum absolute atomic E-state index is 12.1. The Bertz CT molecular complexity index is 633. The molecule has 0 saturated carbocycles. The van der Waals surface area contributed by atoms with E-state index in [1.165, 1.54) is 12.4 Å². The Morgan fingerprint density at radius 2 is 2.14 bits per heavy atom. The lowest BCUT2D eigenvalue weighted by atomic mass is 10.3. The highest BCUT2D eigenvalue weighted by Crippen LogP contribution is 2.25. The van der Waals surface area contributed by atoms with Crippen molar-refractivity contribution in [1.82, 2.24) is 9.97 Å². The summed E-state index contributed by atoms with van der Waals surface area (Å²) in [6, 6.07) is 5.22. The number of nitrogens with one attached hydrogen (secondary N) is 2. The van der Waals surface area contributed by atoms with Gasteiger partial charge in [0.25, 0.3) is 5.91 Å². The van der Waals surface area contributed by atoms with Crippen LogP contribution < -0.4 is 10.6 Å². The second-order valence-corrected chi connectivity index (χ2v) is 5.61. The van der Waals surface area contributed by atoms with Crippen LogP contribution in [-0.2, 0) is 0 Å². The molecule has 1 amide bonds. The largest absolute Gasteiger partial charge is 0.369 e. The van der Waals surface area contributed by atoms with Crippen LogP contribution in [0.15, 0.2) is 35.1 Å². The van der Waals surface area contributed by atoms with Gasteiger partial charge in [0.2, 0.25) is 0 Å². The van der Waals surface area contributed by atoms with E-state index >= 15 is 0 Å². The van der Waals surface area contributed by atoms with E-state index in [1.807, 2.05) is 0 Å². The first-order chi connectivity index (χ1) is 10.1. The Morgan fingerprint density at radius 1 is 1.33 bits per heavy atom. The van der Waals surface area contributed by atoms with Gasteiger partial charge in [-0.05, 0) is 24.6 Å². The quantitative estimate of drug-likeness (QED) is 0.837. The van der Waals surface area contributed by atoms with Gasteiger partial charge in [-0.25, -0.2) is 9.97 Å². The van der Waals surface area contributed by atoms with Crippen molar-refractivity contribution in [2.45, 2.75) is 13.3 Å². The molecule has 0 aliphatic carbocycles. The van der Waals surface area contributed by atoms with Gasteiger partial charge in [0, 0.05) is 11.0 Å². The number of amides is 1. The zero-order valence-corrected chi connectivity index (χ0v) is 13.7. The first-order valence-corrected chi connectivity index (χ1v) is 7.59. The SMILES string of the molecule is CCCNc1cnc(C(=O)Nc2ccc(Br)cc2Cl)cn1. The van der Waals surface area contributed by atoms with E-state index in [1.54, 1.807) is 18.2 Å². The molecule has 0 saturated heterocycles. The summed E-state index contributed by atoms with van der Waals surface area (Å²) in [5, 5.41) is 6.25. The van der Waals surface area contributed by atoms with Crippen molar-refractivity contribution in [3.63, 3.8) is 0 Å². The number of carbonyl (C=O) groups excluding carboxylic acids is 1. The van der Waals surface area contributed by atoms with Crippen LogP contribution in [0.2, 0.25) is 5.02 Å². The number of rotatable bonds is 5. The van der Waals surface area contributed by atoms with E-state index in [2.05, 4.69) is 43.5 Å². The summed E-state index contributed by atoms with van der Waals surface area (Å²) in [6.07, 6.45) is 3.96. The van der Waals surface area contributed by atoms with Crippen molar-refractivity contribution in [2.24, 2.45) is 0 Å². The van der Waals surface area contributed by atoms with Gasteiger partial charge in [0.1, 0.15) is 11.5 Å². The standard InChI is InChI=1S/C14H14BrClN4O/c1-2-5-17-13-8-18-12(7-19-13)14(21)20-11-4-3-9(15)6-10(11)16/h3-4,6-8H,2,5H2,1H3,(H,17,19)(H,20,21). The minimum absolute atomic E-state index is 0.232. The van der Waals surface area contributed by atoms with Crippen LogP contribution in [-0.4, -0.2) is 22.4 Å². The van der Waals surface area contributed by atoms with Crippen molar-refractivity contribution >= 4 is 44.9 Å². The average molecular weight is 370 g/mol. The number of hydrogen-bond donors (Lipinski definition) is 2. The number of anilines is 2. The van der Waals surface area contributed by atoms with Crippen LogP contribution in [0.4, 0.5) is 11.5 Å². The maximum Gasteiger partial charge on any atom is 0.275 e. The first-order valence-electron chi connectivity index (χ1n) is 6.42. The Morgan fingerprint density at radius 3 is 2.76 bits per heavy atom. The third-order valence-electron chi connectivity index (χ3n) is 2.62. The Hall–Kier alpha value is -1.66. The van der Waals surface area contributed by atoms with Crippen LogP contribution in [0.1, 0.15) is 23.8 Å². The second kappa shape index (κ2) is 7.38. The van der Waals surface area contributed by atoms with Crippen molar-refractivity contribution in [3.8, 4) is 0 Å². The van der Waals surface area contributed by atoms with Gasteiger partial charge in [-0.3, -0.25) is 4.79 Å². The lowest BCUT2D eigenvalue weighted by molar-refractivity contribution is 0.102. The molecule has 110 valence electrons. The van der Waals surface area contributed by atoms with Crippen LogP contribution in [0, 0.1) is 0 Å². The number of benzene rings is 1. The minimum atomic E-state index is -0.353. The Balaban J connectivity index is 2.06. The lowest BCUT2D eigenvalue weighted by Gasteiger charge is -2.08. The molecule has 5 nitrogen and oxygen atoms in total. The zero-order chi connectivity index (χ0) is 15.2. The van der Waals surface area contributed by atoms with E-state index in [0.29, 0.717) is 16.5 Å². The van der Waals surface area contributed by atoms with Gasteiger partial charge in [0.15, 0.2) is 0 Å². The fraction of sp³-hybridized carbons (Fsp3) is 0.214. The van der Waals surface area contributed by atoms with Crippen molar-refractivity contribution in [2.75, 3.05) is 17.2 Å². The van der Waals surface area contributed by atoms with Gasteiger partial charge in [-0.15, -0.1) is 0 Å². The average Bonchev–Trinajstić information content (AvgIpc) is 2.48. The molecule has 7 heteroatoms. The molecule has 2 rings (SSSR count). The highest BCUT2D eigenvalue weighted by Gasteiger charge is 2.10. The summed E-state index contributed by atoms with van der Waals surface area (Å²) in [5.41, 5.74) is 0.760. The van der Waals surface area contributed by atoms with E-state index < -0.39 is 0 Å². The summed E-state index contributed by atoms with van der Waals surface area (Å²) in [7, 11) is 0. The van der Waals surface area contributed by atoms with Gasteiger partial charge < -0.3 is 10.6 Å². The van der Waals surface area contributed by atoms with Crippen molar-refractivity contribution in [1.29, 1.82) is 0 Å². The summed E-state index contributed by atoms with van der Waals surface area (Å²) in [6.45, 7) is 2.87. The number of aromatic nitrogens is 2. The molecule has 0 aliphatic rings. The summed E-state index contributed by atoms with van der Waals surface area (Å²) in [5.74, 6) is 0.295. The molecular weight excluding hydrogens is 356 g/mol. The van der Waals surface area contributed by atoms with E-state index in [-0.39, 0.29) is 11.6 Å². The predicted octanol–water partition coefficient (Wildman–Crippen LogP) is 3.97. The van der Waals surface area contributed by atoms with Crippen molar-refractivity contribution < 1.29 is 4.79 Å². The van der Waals surface area contributed by atoms with E-state index in [9.17, 15) is 4.79 Å². The molecule has 0 atom stereocenters. The van der Waals surface area contributed by atoms with E-state index in [0.717, 1.165) is 17.4 Å². The maximum atomic E-state index is 12.1. The van der Waals surface area contributed by atoms with Crippen LogP contribution >= 0.6 is 27.5 Å². The molecule has 2 aromatic rings. The topological polar surface area (TPSA) is 66.9 Å². The van der Waals surface area contributed by atoms with Crippen LogP contribution in [0.3, 0.4) is 0 Å². The molecule has 0 fully saturated rings. The van der Waals surface area contributed by atoms with Crippen molar-refractivity contribution in [3.05, 3.63) is 45.8 Å². The fourth-order valence-corrected chi connectivity index (χ4v) is 2.29. The van der Waals surface area contributed by atoms with Crippen LogP contribution in [0.25, 0.3) is 0 Å². The third-order valence-corrected chi connectivity index (χ3v) is 3.43. The van der Waals surface area contributed by atoms with E-state index in [4.69, 9.17) is 11.6 Å². The molecule has 1 heterocycles. The molecule has 1 aromatic heterocycles. The summed E-state index contributed by atoms with van der Waals surface area (Å²) in [4.78, 5) is 20.3. The first kappa shape index (κ1) is 15.7. The summed E-state index contributed by atoms with van der Waals surface area (Å²) < 4.78 is 0.844. The lowest BCUT2D eigenvalue weighted by Crippen LogP contribution is -2.15. The normalized spacial score (nSPS) is 10.2. The van der Waals surface area contributed by atoms with Crippen LogP contribution in [0.5, 0.6) is 0 Å². The zero-order valence-electron chi connectivity index (χ0n) is 11.4. The monoisotopic (exact) mass is 368 g/mol. The second-order valence-electron chi connectivity index (χ2n) is 4.29. The predicted molar refractivity (Wildman–Crippen MR) is 87.9 cm³/mol. The molecule has 21 heavy (non-hydrogen) atoms. The Labute approximate surface area is 136 Å². The molecule has 1 aromatic carbocycles. The Kier molecular flexibility index (Phi) is 5.52. The smallest absolute Gasteiger partial charge is 0.275 e. The van der Waals surface area contributed by atoms with Gasteiger partial charge in [0.05, 0.1) is 23.1 Å². The number of carbonyl (C=O) groups is 1. The molecule has 0 radical (unpaired) electrons. The highest BCUT2D eigenvalue weighted by atomic mass is 79.9. The molecule has 0 aliphatic heterocycles. The molecular formula is C14H14BrClN4O. The van der Waals surface area contributed by atoms with Gasteiger partial charge in [-0.1, -0.05) is 34.5 Å². The number of nitrogens with zero attached hydrogens (tertiary/aromatic N) is 2. The fourth-order valence-electron chi connectivity index (χ4n) is 1.57. The molecule has 0 spiro atoms. The number of halogens is 2. The highest BCUT2D eigenvalue weighted by molar-refractivity contribution is 9.10. The van der Waals surface area contributed by atoms with Gasteiger partial charge in [-0.2, -0.15) is 0 Å².